The number of carbonyl (C=O) groups excluding carboxylic acids is 1. The first-order valence-corrected chi connectivity index (χ1v) is 2.96. The summed E-state index contributed by atoms with van der Waals surface area (Å²) in [5.74, 6) is 0. The van der Waals surface area contributed by atoms with E-state index in [4.69, 9.17) is 11.5 Å². The zero-order chi connectivity index (χ0) is 6.85. The molecule has 1 unspecified atom stereocenters. The van der Waals surface area contributed by atoms with Gasteiger partial charge in [-0.05, 0) is 6.42 Å². The lowest BCUT2D eigenvalue weighted by atomic mass is 10.3. The number of rotatable bonds is 0. The molecule has 0 spiro atoms. The van der Waals surface area contributed by atoms with Gasteiger partial charge in [-0.25, -0.2) is 10.5 Å². The first-order valence-electron chi connectivity index (χ1n) is 2.96. The van der Waals surface area contributed by atoms with Gasteiger partial charge in [-0.2, -0.15) is 0 Å². The number of nitrogens with two attached hydrogens (primary N) is 1. The molecule has 1 aliphatic heterocycles. The van der Waals surface area contributed by atoms with E-state index in [9.17, 15) is 4.79 Å². The third-order valence-corrected chi connectivity index (χ3v) is 1.51. The lowest BCUT2D eigenvalue weighted by Crippen LogP contribution is -2.31. The van der Waals surface area contributed by atoms with Crippen LogP contribution in [0.25, 0.3) is 0 Å². The average Bonchev–Trinajstić information content (AvgIpc) is 2.14. The molecule has 1 saturated heterocycles. The van der Waals surface area contributed by atoms with E-state index in [0.717, 1.165) is 6.42 Å². The van der Waals surface area contributed by atoms with Crippen LogP contribution in [0.15, 0.2) is 0 Å². The van der Waals surface area contributed by atoms with Crippen LogP contribution in [0.5, 0.6) is 0 Å². The van der Waals surface area contributed by atoms with Crippen LogP contribution in [-0.4, -0.2) is 30.1 Å². The molecule has 4 heteroatoms. The van der Waals surface area contributed by atoms with Crippen molar-refractivity contribution in [3.05, 3.63) is 0 Å². The van der Waals surface area contributed by atoms with E-state index >= 15 is 0 Å². The lowest BCUT2D eigenvalue weighted by molar-refractivity contribution is 0.216. The van der Waals surface area contributed by atoms with Gasteiger partial charge in [0.15, 0.2) is 0 Å². The van der Waals surface area contributed by atoms with Crippen molar-refractivity contribution in [3.63, 3.8) is 0 Å². The molecule has 1 rings (SSSR count). The number of hydrogen-bond donors (Lipinski definition) is 1. The molecular formula is C5H10N3O. The molecule has 2 amide bonds. The summed E-state index contributed by atoms with van der Waals surface area (Å²) in [4.78, 5) is 11.8. The van der Waals surface area contributed by atoms with Crippen LogP contribution < -0.4 is 11.5 Å². The second kappa shape index (κ2) is 2.23. The maximum atomic E-state index is 10.3. The number of carbonyl (C=O) groups is 1. The lowest BCUT2D eigenvalue weighted by Gasteiger charge is -2.09. The number of nitrogens with zero attached hydrogens (tertiary/aromatic N) is 1. The molecule has 3 N–H and O–H groups in total. The molecule has 1 aliphatic rings. The van der Waals surface area contributed by atoms with E-state index in [1.54, 1.807) is 0 Å². The van der Waals surface area contributed by atoms with Crippen molar-refractivity contribution in [2.45, 2.75) is 12.5 Å². The van der Waals surface area contributed by atoms with Crippen molar-refractivity contribution >= 4 is 6.03 Å². The van der Waals surface area contributed by atoms with Gasteiger partial charge in [0.25, 0.3) is 0 Å². The highest BCUT2D eigenvalue weighted by molar-refractivity contribution is 5.71. The minimum absolute atomic E-state index is 0.0966. The topological polar surface area (TPSA) is 70.1 Å². The molecule has 1 fully saturated rings. The van der Waals surface area contributed by atoms with E-state index in [-0.39, 0.29) is 6.04 Å². The highest BCUT2D eigenvalue weighted by atomic mass is 16.2. The number of hydrogen-bond acceptors (Lipinski definition) is 2. The van der Waals surface area contributed by atoms with Crippen LogP contribution in [0.3, 0.4) is 0 Å². The summed E-state index contributed by atoms with van der Waals surface area (Å²) in [6.45, 7) is 1.21. The standard InChI is InChI=1S/C5H10N3O/c6-4-1-2-8(3-4)5(7)9/h4,7H,1-3,6H2. The molecule has 0 bridgehead atoms. The highest BCUT2D eigenvalue weighted by Crippen LogP contribution is 2.05. The summed E-state index contributed by atoms with van der Waals surface area (Å²) < 4.78 is 0. The Morgan fingerprint density at radius 2 is 2.44 bits per heavy atom. The van der Waals surface area contributed by atoms with Crippen molar-refractivity contribution in [2.75, 3.05) is 13.1 Å². The Morgan fingerprint density at radius 3 is 2.67 bits per heavy atom. The van der Waals surface area contributed by atoms with Crippen LogP contribution in [-0.2, 0) is 0 Å². The van der Waals surface area contributed by atoms with Crippen LogP contribution >= 0.6 is 0 Å². The first kappa shape index (κ1) is 6.35. The van der Waals surface area contributed by atoms with Crippen LogP contribution in [0.2, 0.25) is 0 Å². The van der Waals surface area contributed by atoms with Crippen molar-refractivity contribution in [3.8, 4) is 0 Å². The Hall–Kier alpha value is -0.770. The SMILES string of the molecule is [NH]C(=O)N1CCC(N)C1. The quantitative estimate of drug-likeness (QED) is 0.474. The van der Waals surface area contributed by atoms with Gasteiger partial charge in [0.2, 0.25) is 0 Å². The summed E-state index contributed by atoms with van der Waals surface area (Å²) in [5.41, 5.74) is 12.2. The summed E-state index contributed by atoms with van der Waals surface area (Å²) in [6.07, 6.45) is 0.838. The molecule has 4 nitrogen and oxygen atoms in total. The van der Waals surface area contributed by atoms with Gasteiger partial charge < -0.3 is 10.6 Å². The highest BCUT2D eigenvalue weighted by Gasteiger charge is 2.21. The Balaban J connectivity index is 2.39. The predicted octanol–water partition coefficient (Wildman–Crippen LogP) is -0.578. The van der Waals surface area contributed by atoms with Crippen LogP contribution in [0.1, 0.15) is 6.42 Å². The maximum absolute atomic E-state index is 10.3. The Kier molecular flexibility index (Phi) is 1.57. The van der Waals surface area contributed by atoms with Gasteiger partial charge >= 0.3 is 6.03 Å². The van der Waals surface area contributed by atoms with Crippen LogP contribution in [0, 0.1) is 0 Å². The summed E-state index contributed by atoms with van der Waals surface area (Å²) >= 11 is 0. The van der Waals surface area contributed by atoms with Crippen molar-refractivity contribution in [1.82, 2.24) is 10.6 Å². The molecule has 9 heavy (non-hydrogen) atoms. The molecule has 0 aliphatic carbocycles. The Bertz CT molecular complexity index is 125. The molecule has 51 valence electrons. The first-order chi connectivity index (χ1) is 4.20. The monoisotopic (exact) mass is 128 g/mol. The van der Waals surface area contributed by atoms with E-state index in [2.05, 4.69) is 0 Å². The number of nitrogens with one attached hydrogen (secondary N) is 1. The maximum Gasteiger partial charge on any atom is 0.336 e. The number of likely N-dealkylation sites (tertiary alicyclic amines) is 1. The molecule has 1 heterocycles. The Morgan fingerprint density at radius 1 is 1.78 bits per heavy atom. The minimum Gasteiger partial charge on any atom is -0.326 e. The Labute approximate surface area is 53.8 Å². The van der Waals surface area contributed by atoms with Crippen molar-refractivity contribution < 1.29 is 4.79 Å². The summed E-state index contributed by atoms with van der Waals surface area (Å²) in [5, 5.41) is 0. The van der Waals surface area contributed by atoms with Gasteiger partial charge in [0.05, 0.1) is 0 Å². The zero-order valence-corrected chi connectivity index (χ0v) is 5.13. The smallest absolute Gasteiger partial charge is 0.326 e. The molecule has 1 atom stereocenters. The van der Waals surface area contributed by atoms with Crippen LogP contribution in [0.4, 0.5) is 4.79 Å². The fourth-order valence-electron chi connectivity index (χ4n) is 0.972. The molecule has 0 aromatic heterocycles. The van der Waals surface area contributed by atoms with E-state index < -0.39 is 6.03 Å². The summed E-state index contributed by atoms with van der Waals surface area (Å²) in [7, 11) is 0. The van der Waals surface area contributed by atoms with Gasteiger partial charge in [-0.1, -0.05) is 0 Å². The van der Waals surface area contributed by atoms with Gasteiger partial charge in [-0.3, -0.25) is 0 Å². The van der Waals surface area contributed by atoms with Crippen molar-refractivity contribution in [2.24, 2.45) is 5.73 Å². The normalized spacial score (nSPS) is 26.8. The van der Waals surface area contributed by atoms with E-state index in [1.165, 1.54) is 4.90 Å². The molecule has 1 radical (unpaired) electrons. The predicted molar refractivity (Wildman–Crippen MR) is 32.7 cm³/mol. The van der Waals surface area contributed by atoms with Gasteiger partial charge in [-0.15, -0.1) is 0 Å². The average molecular weight is 128 g/mol. The minimum atomic E-state index is -0.608. The number of urea groups is 1. The molecule has 0 aromatic carbocycles. The van der Waals surface area contributed by atoms with E-state index in [0.29, 0.717) is 13.1 Å². The third-order valence-electron chi connectivity index (χ3n) is 1.51. The van der Waals surface area contributed by atoms with Gasteiger partial charge in [0.1, 0.15) is 0 Å². The second-order valence-electron chi connectivity index (χ2n) is 2.30. The fourth-order valence-corrected chi connectivity index (χ4v) is 0.972. The zero-order valence-electron chi connectivity index (χ0n) is 5.13. The number of amides is 2. The summed E-state index contributed by atoms with van der Waals surface area (Å²) in [6, 6.07) is -0.512. The largest absolute Gasteiger partial charge is 0.336 e. The third kappa shape index (κ3) is 1.32. The van der Waals surface area contributed by atoms with Gasteiger partial charge in [0, 0.05) is 19.1 Å². The van der Waals surface area contributed by atoms with E-state index in [1.807, 2.05) is 0 Å². The second-order valence-corrected chi connectivity index (χ2v) is 2.30. The molecular weight excluding hydrogens is 118 g/mol. The van der Waals surface area contributed by atoms with Crippen molar-refractivity contribution in [1.29, 1.82) is 0 Å². The fraction of sp³-hybridized carbons (Fsp3) is 0.800. The molecule has 0 saturated carbocycles. The molecule has 0 aromatic rings.